The number of benzene rings is 1. The Balaban J connectivity index is 1.62. The third-order valence-electron chi connectivity index (χ3n) is 7.80. The Morgan fingerprint density at radius 2 is 1.85 bits per heavy atom. The molecule has 40 heavy (non-hydrogen) atoms. The minimum absolute atomic E-state index is 0.0884. The van der Waals surface area contributed by atoms with Crippen LogP contribution < -0.4 is 0 Å². The van der Waals surface area contributed by atoms with Gasteiger partial charge in [-0.3, -0.25) is 9.59 Å². The van der Waals surface area contributed by atoms with E-state index in [0.717, 1.165) is 36.3 Å². The van der Waals surface area contributed by atoms with Crippen molar-refractivity contribution in [2.75, 3.05) is 66.7 Å². The van der Waals surface area contributed by atoms with E-state index in [0.29, 0.717) is 64.5 Å². The number of rotatable bonds is 11. The molecule has 10 heteroatoms. The lowest BCUT2D eigenvalue weighted by Gasteiger charge is -2.43. The Morgan fingerprint density at radius 3 is 2.52 bits per heavy atom. The van der Waals surface area contributed by atoms with Crippen molar-refractivity contribution in [1.29, 1.82) is 0 Å². The second-order valence-electron chi connectivity index (χ2n) is 11.7. The number of methoxy groups -OCH3 is 1. The van der Waals surface area contributed by atoms with E-state index < -0.39 is 0 Å². The number of piperidine rings is 1. The topological polar surface area (TPSA) is 93.0 Å². The van der Waals surface area contributed by atoms with Crippen molar-refractivity contribution in [1.82, 2.24) is 29.7 Å². The summed E-state index contributed by atoms with van der Waals surface area (Å²) >= 11 is 0. The molecule has 220 valence electrons. The molecule has 0 radical (unpaired) electrons. The van der Waals surface area contributed by atoms with Crippen molar-refractivity contribution in [2.24, 2.45) is 11.8 Å². The highest BCUT2D eigenvalue weighted by atomic mass is 16.5. The van der Waals surface area contributed by atoms with Gasteiger partial charge in [-0.2, -0.15) is 0 Å². The Hall–Kier alpha value is -2.82. The molecule has 0 aliphatic carbocycles. The van der Waals surface area contributed by atoms with Gasteiger partial charge in [0, 0.05) is 52.5 Å². The molecule has 2 aliphatic rings. The number of aromatic nitrogens is 3. The van der Waals surface area contributed by atoms with Gasteiger partial charge in [-0.1, -0.05) is 36.8 Å². The third-order valence-corrected chi connectivity index (χ3v) is 7.80. The van der Waals surface area contributed by atoms with Gasteiger partial charge in [0.1, 0.15) is 0 Å². The highest BCUT2D eigenvalue weighted by Gasteiger charge is 2.38. The van der Waals surface area contributed by atoms with Crippen LogP contribution in [0.15, 0.2) is 24.3 Å². The van der Waals surface area contributed by atoms with Crippen LogP contribution in [0.3, 0.4) is 0 Å². The Morgan fingerprint density at radius 1 is 1.12 bits per heavy atom. The number of hydrogen-bond donors (Lipinski definition) is 0. The van der Waals surface area contributed by atoms with Crippen LogP contribution in [0.25, 0.3) is 5.69 Å². The molecule has 2 amide bonds. The zero-order valence-electron chi connectivity index (χ0n) is 24.8. The zero-order chi connectivity index (χ0) is 28.6. The summed E-state index contributed by atoms with van der Waals surface area (Å²) in [6.07, 6.45) is 3.06. The van der Waals surface area contributed by atoms with E-state index in [2.05, 4.69) is 29.1 Å². The van der Waals surface area contributed by atoms with Gasteiger partial charge >= 0.3 is 0 Å². The predicted molar refractivity (Wildman–Crippen MR) is 154 cm³/mol. The first-order chi connectivity index (χ1) is 19.3. The molecule has 0 spiro atoms. The van der Waals surface area contributed by atoms with Crippen LogP contribution in [-0.2, 0) is 20.7 Å². The van der Waals surface area contributed by atoms with Crippen LogP contribution in [0.1, 0.15) is 54.9 Å². The molecule has 2 aliphatic heterocycles. The summed E-state index contributed by atoms with van der Waals surface area (Å²) in [6.45, 7) is 11.4. The molecule has 3 heterocycles. The van der Waals surface area contributed by atoms with E-state index in [4.69, 9.17) is 9.47 Å². The van der Waals surface area contributed by atoms with E-state index in [1.54, 1.807) is 7.11 Å². The standard InChI is InChI=1S/C30H46N6O4/c1-22(2)19-35(26-18-24(20-33(4)21-26)29(37)34-13-16-40-17-14-34)30(38)28-27(8-6-7-15-39-5)36(32-31-28)25-11-9-23(3)10-12-25/h9-12,22,24,26H,6-8,13-21H2,1-5H3/t24-,26+/m1/s1. The normalized spacial score (nSPS) is 20.2. The number of nitrogens with zero attached hydrogens (tertiary/aromatic N) is 6. The fraction of sp³-hybridized carbons (Fsp3) is 0.667. The molecule has 0 unspecified atom stereocenters. The van der Waals surface area contributed by atoms with Crippen molar-refractivity contribution in [3.8, 4) is 5.69 Å². The number of unbranched alkanes of at least 4 members (excludes halogenated alkanes) is 1. The van der Waals surface area contributed by atoms with Gasteiger partial charge < -0.3 is 24.2 Å². The van der Waals surface area contributed by atoms with E-state index in [-0.39, 0.29) is 29.7 Å². The highest BCUT2D eigenvalue weighted by Crippen LogP contribution is 2.26. The van der Waals surface area contributed by atoms with E-state index >= 15 is 0 Å². The summed E-state index contributed by atoms with van der Waals surface area (Å²) in [4.78, 5) is 33.8. The number of likely N-dealkylation sites (N-methyl/N-ethyl adjacent to an activating group) is 1. The summed E-state index contributed by atoms with van der Waals surface area (Å²) in [5.74, 6) is 0.176. The van der Waals surface area contributed by atoms with E-state index in [1.165, 1.54) is 0 Å². The number of ether oxygens (including phenoxy) is 2. The quantitative estimate of drug-likeness (QED) is 0.395. The van der Waals surface area contributed by atoms with Crippen LogP contribution in [0.2, 0.25) is 0 Å². The van der Waals surface area contributed by atoms with E-state index in [9.17, 15) is 9.59 Å². The summed E-state index contributed by atoms with van der Waals surface area (Å²) in [7, 11) is 3.74. The molecule has 4 rings (SSSR count). The maximum atomic E-state index is 14.3. The molecule has 0 saturated carbocycles. The number of aryl methyl sites for hydroxylation is 1. The summed E-state index contributed by atoms with van der Waals surface area (Å²) in [5.41, 5.74) is 3.28. The summed E-state index contributed by atoms with van der Waals surface area (Å²) in [5, 5.41) is 8.94. The number of carbonyl (C=O) groups excluding carboxylic acids is 2. The van der Waals surface area contributed by atoms with Gasteiger partial charge in [-0.25, -0.2) is 4.68 Å². The molecule has 10 nitrogen and oxygen atoms in total. The highest BCUT2D eigenvalue weighted by molar-refractivity contribution is 5.94. The molecular weight excluding hydrogens is 508 g/mol. The third kappa shape index (κ3) is 7.47. The second kappa shape index (κ2) is 14.2. The number of amides is 2. The molecular formula is C30H46N6O4. The minimum atomic E-state index is -0.152. The van der Waals surface area contributed by atoms with Crippen molar-refractivity contribution in [3.05, 3.63) is 41.2 Å². The van der Waals surface area contributed by atoms with Crippen molar-refractivity contribution < 1.29 is 19.1 Å². The lowest BCUT2D eigenvalue weighted by atomic mass is 9.91. The maximum absolute atomic E-state index is 14.3. The van der Waals surface area contributed by atoms with Gasteiger partial charge in [0.15, 0.2) is 5.69 Å². The van der Waals surface area contributed by atoms with Crippen molar-refractivity contribution >= 4 is 11.8 Å². The van der Waals surface area contributed by atoms with Gasteiger partial charge in [-0.15, -0.1) is 5.10 Å². The molecule has 0 bridgehead atoms. The van der Waals surface area contributed by atoms with Gasteiger partial charge in [0.25, 0.3) is 5.91 Å². The predicted octanol–water partition coefficient (Wildman–Crippen LogP) is 2.82. The first kappa shape index (κ1) is 30.1. The molecule has 2 atom stereocenters. The molecule has 0 N–H and O–H groups in total. The average molecular weight is 555 g/mol. The Bertz CT molecular complexity index is 1110. The SMILES string of the molecule is COCCCCc1c(C(=O)N(CC(C)C)[C@H]2C[C@@H](C(=O)N3CCOCC3)CN(C)C2)nnn1-c1ccc(C)cc1. The molecule has 1 aromatic carbocycles. The summed E-state index contributed by atoms with van der Waals surface area (Å²) < 4.78 is 12.5. The van der Waals surface area contributed by atoms with Crippen LogP contribution in [0.4, 0.5) is 0 Å². The fourth-order valence-electron chi connectivity index (χ4n) is 5.79. The van der Waals surface area contributed by atoms with Crippen molar-refractivity contribution in [3.63, 3.8) is 0 Å². The first-order valence-corrected chi connectivity index (χ1v) is 14.6. The molecule has 2 aromatic rings. The van der Waals surface area contributed by atoms with Crippen molar-refractivity contribution in [2.45, 2.75) is 52.5 Å². The maximum Gasteiger partial charge on any atom is 0.276 e. The number of morpholine rings is 1. The number of hydrogen-bond acceptors (Lipinski definition) is 7. The Kier molecular flexibility index (Phi) is 10.7. The Labute approximate surface area is 238 Å². The minimum Gasteiger partial charge on any atom is -0.385 e. The molecule has 2 fully saturated rings. The van der Waals surface area contributed by atoms with Crippen LogP contribution in [0, 0.1) is 18.8 Å². The lowest BCUT2D eigenvalue weighted by molar-refractivity contribution is -0.142. The monoisotopic (exact) mass is 554 g/mol. The smallest absolute Gasteiger partial charge is 0.276 e. The zero-order valence-corrected chi connectivity index (χ0v) is 24.8. The fourth-order valence-corrected chi connectivity index (χ4v) is 5.79. The van der Waals surface area contributed by atoms with E-state index in [1.807, 2.05) is 52.7 Å². The lowest BCUT2D eigenvalue weighted by Crippen LogP contribution is -2.56. The van der Waals surface area contributed by atoms with Gasteiger partial charge in [0.2, 0.25) is 5.91 Å². The summed E-state index contributed by atoms with van der Waals surface area (Å²) in [6, 6.07) is 8.03. The number of carbonyl (C=O) groups is 2. The second-order valence-corrected chi connectivity index (χ2v) is 11.7. The van der Waals surface area contributed by atoms with Gasteiger partial charge in [-0.05, 0) is 57.7 Å². The van der Waals surface area contributed by atoms with Crippen LogP contribution in [0.5, 0.6) is 0 Å². The average Bonchev–Trinajstić information content (AvgIpc) is 3.37. The van der Waals surface area contributed by atoms with Crippen LogP contribution in [-0.4, -0.2) is 114 Å². The molecule has 2 saturated heterocycles. The van der Waals surface area contributed by atoms with Crippen LogP contribution >= 0.6 is 0 Å². The van der Waals surface area contributed by atoms with Gasteiger partial charge in [0.05, 0.1) is 30.5 Å². The first-order valence-electron chi connectivity index (χ1n) is 14.6. The largest absolute Gasteiger partial charge is 0.385 e. The molecule has 1 aromatic heterocycles. The number of likely N-dealkylation sites (tertiary alicyclic amines) is 1.